The summed E-state index contributed by atoms with van der Waals surface area (Å²) in [4.78, 5) is 87.1. The maximum absolute atomic E-state index is 14.4. The number of Topliss-reactive ketones (excluding diaryl/α,β-unsaturated/α-hetero) is 1. The molecule has 300 valence electrons. The largest absolute Gasteiger partial charge is 0.467 e. The summed E-state index contributed by atoms with van der Waals surface area (Å²) in [7, 11) is 1.13. The molecule has 1 heterocycles. The molecule has 3 N–H and O–H groups in total. The van der Waals surface area contributed by atoms with Gasteiger partial charge in [0, 0.05) is 46.0 Å². The number of carbonyl (C=O) groups is 7. The number of rotatable bonds is 10. The van der Waals surface area contributed by atoms with Gasteiger partial charge in [-0.15, -0.1) is 0 Å². The van der Waals surface area contributed by atoms with Crippen molar-refractivity contribution in [1.29, 1.82) is 0 Å². The number of hydrazone groups is 1. The van der Waals surface area contributed by atoms with E-state index in [1.807, 2.05) is 0 Å². The molecule has 17 nitrogen and oxygen atoms in total. The van der Waals surface area contributed by atoms with Crippen LogP contribution in [0.3, 0.4) is 0 Å². The Kier molecular flexibility index (Phi) is 12.4. The fraction of sp³-hybridized carbons (Fsp3) is 0.784. The van der Waals surface area contributed by atoms with Crippen molar-refractivity contribution in [2.45, 2.75) is 130 Å². The molecule has 5 aliphatic rings. The standard InChI is InChI=1S/C37H53N3O14/c1-17(41)49-16-26(39-40-35(38)47)25-11-10-24-23-9-8-21-14-22(12-13-36(21,5)28(23)27(45)15-37(24,25)6)53-34-32(52-20(4)44)30(51-19(3)43)29(50-18(2)42)31(54-34)33(46)48-7/h21-25,28-32,34H,8-16H2,1-7H3,(H3,38,40,47)/b39-26-/t21-,22-,23-,24+,25-,28-,29+,30+,31-,32-,34-,36-,37+/m1/s1. The van der Waals surface area contributed by atoms with Crippen LogP contribution in [0.1, 0.15) is 92.9 Å². The zero-order valence-corrected chi connectivity index (χ0v) is 32.0. The van der Waals surface area contributed by atoms with E-state index in [1.165, 1.54) is 6.92 Å². The number of ketones is 1. The highest BCUT2D eigenvalue weighted by atomic mass is 16.7. The van der Waals surface area contributed by atoms with Crippen LogP contribution in [0.15, 0.2) is 5.10 Å². The van der Waals surface area contributed by atoms with Crippen molar-refractivity contribution in [3.8, 4) is 0 Å². The van der Waals surface area contributed by atoms with Crippen molar-refractivity contribution in [3.05, 3.63) is 0 Å². The number of nitrogens with zero attached hydrogens (tertiary/aromatic N) is 1. The van der Waals surface area contributed by atoms with Crippen LogP contribution in [0.4, 0.5) is 4.79 Å². The molecule has 17 heteroatoms. The topological polar surface area (TPSA) is 235 Å². The van der Waals surface area contributed by atoms with Gasteiger partial charge < -0.3 is 38.9 Å². The second kappa shape index (κ2) is 16.3. The van der Waals surface area contributed by atoms with Crippen LogP contribution >= 0.6 is 0 Å². The third-order valence-corrected chi connectivity index (χ3v) is 12.6. The molecule has 1 saturated heterocycles. The number of hydrogen-bond acceptors (Lipinski definition) is 15. The van der Waals surface area contributed by atoms with Crippen molar-refractivity contribution in [3.63, 3.8) is 0 Å². The number of urea groups is 1. The van der Waals surface area contributed by atoms with Crippen molar-refractivity contribution in [2.75, 3.05) is 13.7 Å². The monoisotopic (exact) mass is 763 g/mol. The lowest BCUT2D eigenvalue weighted by atomic mass is 9.44. The summed E-state index contributed by atoms with van der Waals surface area (Å²) in [6.07, 6.45) is -2.46. The van der Waals surface area contributed by atoms with E-state index in [2.05, 4.69) is 24.4 Å². The van der Waals surface area contributed by atoms with Crippen LogP contribution in [-0.4, -0.2) is 97.9 Å². The first-order valence-electron chi connectivity index (χ1n) is 18.6. The number of hydrogen-bond donors (Lipinski definition) is 2. The first kappa shape index (κ1) is 41.1. The van der Waals surface area contributed by atoms with E-state index in [9.17, 15) is 33.6 Å². The number of nitrogens with one attached hydrogen (secondary N) is 1. The van der Waals surface area contributed by atoms with E-state index in [1.54, 1.807) is 0 Å². The summed E-state index contributed by atoms with van der Waals surface area (Å²) in [6.45, 7) is 8.88. The predicted octanol–water partition coefficient (Wildman–Crippen LogP) is 2.49. The number of primary amides is 1. The average molecular weight is 764 g/mol. The molecule has 0 radical (unpaired) electrons. The normalized spacial score (nSPS) is 38.8. The third kappa shape index (κ3) is 8.26. The van der Waals surface area contributed by atoms with Crippen molar-refractivity contribution in [1.82, 2.24) is 5.43 Å². The van der Waals surface area contributed by atoms with Gasteiger partial charge in [-0.25, -0.2) is 15.0 Å². The molecule has 2 amide bonds. The van der Waals surface area contributed by atoms with Gasteiger partial charge >= 0.3 is 35.9 Å². The Bertz CT molecular complexity index is 1550. The minimum atomic E-state index is -1.56. The van der Waals surface area contributed by atoms with Gasteiger partial charge in [-0.05, 0) is 73.5 Å². The average Bonchev–Trinajstić information content (AvgIpc) is 3.42. The summed E-state index contributed by atoms with van der Waals surface area (Å²) in [5, 5.41) is 4.23. The zero-order chi connectivity index (χ0) is 39.7. The number of fused-ring (bicyclic) bond motifs is 5. The number of carbonyl (C=O) groups excluding carboxylic acids is 7. The molecule has 0 aromatic rings. The van der Waals surface area contributed by atoms with Gasteiger partial charge in [0.2, 0.25) is 0 Å². The van der Waals surface area contributed by atoms with Gasteiger partial charge in [-0.1, -0.05) is 13.8 Å². The van der Waals surface area contributed by atoms with E-state index < -0.39 is 78.1 Å². The van der Waals surface area contributed by atoms with Gasteiger partial charge in [0.25, 0.3) is 0 Å². The van der Waals surface area contributed by atoms with Crippen molar-refractivity contribution in [2.24, 2.45) is 51.3 Å². The Morgan fingerprint density at radius 3 is 2.11 bits per heavy atom. The van der Waals surface area contributed by atoms with Gasteiger partial charge in [0.1, 0.15) is 12.4 Å². The number of methoxy groups -OCH3 is 1. The highest BCUT2D eigenvalue weighted by molar-refractivity contribution is 5.93. The number of esters is 5. The second-order valence-electron chi connectivity index (χ2n) is 15.9. The van der Waals surface area contributed by atoms with Crippen LogP contribution in [0, 0.1) is 40.4 Å². The fourth-order valence-corrected chi connectivity index (χ4v) is 10.6. The SMILES string of the molecule is COC(=O)[C@@H]1O[C@@H](O[C@@H]2CC[C@]3(C)[C@H](CC[C@@H]4[C@@H]5CC[C@H](/C(COC(C)=O)=N\NC(N)=O)[C@@]5(C)CC(=O)[C@@H]43)C2)[C@H](OC(C)=O)[C@@H](OC(C)=O)[C@@H]1OC(C)=O. The molecule has 4 aliphatic carbocycles. The number of ether oxygens (including phenoxy) is 7. The highest BCUT2D eigenvalue weighted by Crippen LogP contribution is 2.66. The molecule has 4 saturated carbocycles. The molecule has 5 fully saturated rings. The zero-order valence-electron chi connectivity index (χ0n) is 32.0. The summed E-state index contributed by atoms with van der Waals surface area (Å²) >= 11 is 0. The fourth-order valence-electron chi connectivity index (χ4n) is 10.6. The molecule has 1 aliphatic heterocycles. The maximum atomic E-state index is 14.4. The first-order chi connectivity index (χ1) is 25.4. The predicted molar refractivity (Wildman–Crippen MR) is 185 cm³/mol. The minimum Gasteiger partial charge on any atom is -0.467 e. The summed E-state index contributed by atoms with van der Waals surface area (Å²) in [6, 6.07) is -0.837. The van der Waals surface area contributed by atoms with Gasteiger partial charge in [0.15, 0.2) is 30.7 Å². The highest BCUT2D eigenvalue weighted by Gasteiger charge is 2.64. The van der Waals surface area contributed by atoms with Crippen molar-refractivity contribution < 1.29 is 66.7 Å². The Labute approximate surface area is 314 Å². The van der Waals surface area contributed by atoms with E-state index >= 15 is 0 Å². The van der Waals surface area contributed by atoms with Crippen LogP contribution in [-0.2, 0) is 61.9 Å². The summed E-state index contributed by atoms with van der Waals surface area (Å²) in [5.41, 5.74) is 7.28. The molecule has 54 heavy (non-hydrogen) atoms. The Hall–Kier alpha value is -4.12. The third-order valence-electron chi connectivity index (χ3n) is 12.6. The lowest BCUT2D eigenvalue weighted by molar-refractivity contribution is -0.314. The molecule has 0 unspecified atom stereocenters. The van der Waals surface area contributed by atoms with E-state index in [-0.39, 0.29) is 47.4 Å². The lowest BCUT2D eigenvalue weighted by Crippen LogP contribution is -2.64. The van der Waals surface area contributed by atoms with Crippen LogP contribution in [0.2, 0.25) is 0 Å². The molecule has 0 bridgehead atoms. The summed E-state index contributed by atoms with van der Waals surface area (Å²) < 4.78 is 39.1. The molecule has 0 aromatic carbocycles. The van der Waals surface area contributed by atoms with E-state index in [4.69, 9.17) is 38.9 Å². The van der Waals surface area contributed by atoms with E-state index in [0.717, 1.165) is 53.6 Å². The maximum Gasteiger partial charge on any atom is 0.339 e. The minimum absolute atomic E-state index is 0.0918. The van der Waals surface area contributed by atoms with E-state index in [0.29, 0.717) is 31.4 Å². The first-order valence-corrected chi connectivity index (χ1v) is 18.6. The molecule has 0 spiro atoms. The smallest absolute Gasteiger partial charge is 0.339 e. The summed E-state index contributed by atoms with van der Waals surface area (Å²) in [5.74, 6) is -3.49. The van der Waals surface area contributed by atoms with Crippen molar-refractivity contribution >= 4 is 47.4 Å². The van der Waals surface area contributed by atoms with Crippen LogP contribution < -0.4 is 11.2 Å². The Morgan fingerprint density at radius 2 is 1.50 bits per heavy atom. The molecule has 0 aromatic heterocycles. The second-order valence-corrected chi connectivity index (χ2v) is 15.9. The lowest BCUT2D eigenvalue weighted by Gasteiger charge is -2.60. The molecule has 5 rings (SSSR count). The number of amides is 2. The number of nitrogens with two attached hydrogens (primary N) is 1. The van der Waals surface area contributed by atoms with Crippen LogP contribution in [0.5, 0.6) is 0 Å². The molecule has 13 atom stereocenters. The van der Waals surface area contributed by atoms with Gasteiger partial charge in [-0.2, -0.15) is 5.10 Å². The molecular weight excluding hydrogens is 710 g/mol. The Balaban J connectivity index is 1.35. The quantitative estimate of drug-likeness (QED) is 0.107. The van der Waals surface area contributed by atoms with Gasteiger partial charge in [-0.3, -0.25) is 24.0 Å². The van der Waals surface area contributed by atoms with Gasteiger partial charge in [0.05, 0.1) is 18.9 Å². The Morgan fingerprint density at radius 1 is 0.852 bits per heavy atom. The molecular formula is C37H53N3O14. The van der Waals surface area contributed by atoms with Crippen LogP contribution in [0.25, 0.3) is 0 Å².